The molecule has 0 fully saturated rings. The number of nitrogens with zero attached hydrogens (tertiary/aromatic N) is 1. The molecule has 1 unspecified atom stereocenters. The molecule has 5 heteroatoms. The monoisotopic (exact) mass is 275 g/mol. The molecule has 0 saturated carbocycles. The normalized spacial score (nSPS) is 18.6. The first-order chi connectivity index (χ1) is 9.47. The molecule has 2 rings (SSSR count). The summed E-state index contributed by atoms with van der Waals surface area (Å²) in [6, 6.07) is 4.77. The number of halogens is 1. The van der Waals surface area contributed by atoms with Crippen LogP contribution in [0.3, 0.4) is 0 Å². The fraction of sp³-hybridized carbons (Fsp3) is 0.200. The topological polar surface area (TPSA) is 57.6 Å². The predicted octanol–water partition coefficient (Wildman–Crippen LogP) is 2.30. The number of rotatable bonds is 4. The number of amides is 1. The van der Waals surface area contributed by atoms with Gasteiger partial charge >= 0.3 is 0 Å². The second-order valence-corrected chi connectivity index (χ2v) is 4.52. The first kappa shape index (κ1) is 14.0. The number of hydrogen-bond donors (Lipinski definition) is 1. The predicted molar refractivity (Wildman–Crippen MR) is 71.4 cm³/mol. The molecule has 1 amide bonds. The van der Waals surface area contributed by atoms with Gasteiger partial charge in [-0.15, -0.1) is 6.58 Å². The fourth-order valence-electron chi connectivity index (χ4n) is 2.33. The van der Waals surface area contributed by atoms with Gasteiger partial charge in [-0.2, -0.15) is 0 Å². The summed E-state index contributed by atoms with van der Waals surface area (Å²) < 4.78 is 13.0. The number of aliphatic hydroxyl groups is 1. The Morgan fingerprint density at radius 3 is 2.55 bits per heavy atom. The molecule has 1 aliphatic rings. The molecule has 0 radical (unpaired) electrons. The molecule has 0 aliphatic carbocycles. The lowest BCUT2D eigenvalue weighted by atomic mass is 9.97. The minimum absolute atomic E-state index is 0.0310. The molecule has 4 nitrogen and oxygen atoms in total. The summed E-state index contributed by atoms with van der Waals surface area (Å²) in [7, 11) is 0. The van der Waals surface area contributed by atoms with Gasteiger partial charge in [0.2, 0.25) is 0 Å². The third-order valence-corrected chi connectivity index (χ3v) is 3.19. The summed E-state index contributed by atoms with van der Waals surface area (Å²) in [6.45, 7) is 5.02. The Morgan fingerprint density at radius 2 is 2.05 bits per heavy atom. The molecular formula is C15H14FNO3. The van der Waals surface area contributed by atoms with E-state index in [1.54, 1.807) is 0 Å². The lowest BCUT2D eigenvalue weighted by Crippen LogP contribution is -2.31. The summed E-state index contributed by atoms with van der Waals surface area (Å²) in [5.41, 5.74) is 0.597. The van der Waals surface area contributed by atoms with E-state index in [9.17, 15) is 19.1 Å². The smallest absolute Gasteiger partial charge is 0.290 e. The van der Waals surface area contributed by atoms with E-state index in [1.165, 1.54) is 42.2 Å². The van der Waals surface area contributed by atoms with Gasteiger partial charge in [0, 0.05) is 6.54 Å². The number of hydrogen-bond acceptors (Lipinski definition) is 3. The summed E-state index contributed by atoms with van der Waals surface area (Å²) in [5, 5.41) is 9.87. The largest absolute Gasteiger partial charge is 0.503 e. The van der Waals surface area contributed by atoms with Crippen LogP contribution >= 0.6 is 0 Å². The standard InChI is InChI=1S/C15H14FNO3/c1-3-8-17-13(10-4-6-11(16)7-5-10)12(9(2)18)14(19)15(17)20/h3-7,13,19H,1,8H2,2H3. The van der Waals surface area contributed by atoms with Gasteiger partial charge in [0.05, 0.1) is 11.6 Å². The Morgan fingerprint density at radius 1 is 1.45 bits per heavy atom. The van der Waals surface area contributed by atoms with Gasteiger partial charge in [-0.3, -0.25) is 9.59 Å². The van der Waals surface area contributed by atoms with Crippen LogP contribution in [0.15, 0.2) is 48.3 Å². The summed E-state index contributed by atoms with van der Waals surface area (Å²) in [5.74, 6) is -1.97. The lowest BCUT2D eigenvalue weighted by molar-refractivity contribution is -0.128. The van der Waals surface area contributed by atoms with Crippen LogP contribution in [0, 0.1) is 5.82 Å². The van der Waals surface area contributed by atoms with Crippen molar-refractivity contribution in [2.24, 2.45) is 0 Å². The molecule has 1 atom stereocenters. The highest BCUT2D eigenvalue weighted by Gasteiger charge is 2.41. The fourth-order valence-corrected chi connectivity index (χ4v) is 2.33. The van der Waals surface area contributed by atoms with Crippen molar-refractivity contribution in [3.05, 3.63) is 59.6 Å². The molecule has 1 aromatic carbocycles. The molecule has 1 aliphatic heterocycles. The Bertz CT molecular complexity index is 604. The van der Waals surface area contributed by atoms with E-state index in [4.69, 9.17) is 0 Å². The second-order valence-electron chi connectivity index (χ2n) is 4.52. The zero-order chi connectivity index (χ0) is 14.9. The van der Waals surface area contributed by atoms with Crippen molar-refractivity contribution in [3.63, 3.8) is 0 Å². The molecular weight excluding hydrogens is 261 g/mol. The van der Waals surface area contributed by atoms with E-state index in [0.29, 0.717) is 5.56 Å². The van der Waals surface area contributed by atoms with E-state index in [0.717, 1.165) is 0 Å². The van der Waals surface area contributed by atoms with Gasteiger partial charge in [-0.25, -0.2) is 4.39 Å². The number of carbonyl (C=O) groups excluding carboxylic acids is 2. The molecule has 0 aromatic heterocycles. The van der Waals surface area contributed by atoms with Crippen molar-refractivity contribution in [2.75, 3.05) is 6.54 Å². The molecule has 0 spiro atoms. The van der Waals surface area contributed by atoms with E-state index >= 15 is 0 Å². The number of aliphatic hydroxyl groups excluding tert-OH is 1. The van der Waals surface area contributed by atoms with Crippen molar-refractivity contribution >= 4 is 11.7 Å². The lowest BCUT2D eigenvalue weighted by Gasteiger charge is -2.25. The van der Waals surface area contributed by atoms with E-state index in [-0.39, 0.29) is 12.1 Å². The number of ketones is 1. The van der Waals surface area contributed by atoms with Gasteiger partial charge < -0.3 is 10.0 Å². The Hall–Kier alpha value is -2.43. The number of Topliss-reactive ketones (excluding diaryl/α,β-unsaturated/α-hetero) is 1. The molecule has 20 heavy (non-hydrogen) atoms. The van der Waals surface area contributed by atoms with Gasteiger partial charge in [0.15, 0.2) is 11.5 Å². The molecule has 0 saturated heterocycles. The van der Waals surface area contributed by atoms with E-state index < -0.39 is 29.3 Å². The number of benzene rings is 1. The highest BCUT2D eigenvalue weighted by atomic mass is 19.1. The van der Waals surface area contributed by atoms with Crippen LogP contribution in [0.1, 0.15) is 18.5 Å². The second kappa shape index (κ2) is 5.28. The van der Waals surface area contributed by atoms with Crippen LogP contribution in [-0.2, 0) is 9.59 Å². The number of carbonyl (C=O) groups is 2. The average Bonchev–Trinajstić information content (AvgIpc) is 2.65. The zero-order valence-electron chi connectivity index (χ0n) is 11.0. The van der Waals surface area contributed by atoms with Gasteiger partial charge in [-0.05, 0) is 24.6 Å². The van der Waals surface area contributed by atoms with Gasteiger partial charge in [-0.1, -0.05) is 18.2 Å². The van der Waals surface area contributed by atoms with Crippen LogP contribution < -0.4 is 0 Å². The van der Waals surface area contributed by atoms with Gasteiger partial charge in [0.25, 0.3) is 5.91 Å². The minimum Gasteiger partial charge on any atom is -0.503 e. The summed E-state index contributed by atoms with van der Waals surface area (Å²) >= 11 is 0. The van der Waals surface area contributed by atoms with E-state index in [1.807, 2.05) is 0 Å². The molecule has 1 heterocycles. The molecule has 1 aromatic rings. The maximum atomic E-state index is 13.0. The third kappa shape index (κ3) is 2.22. The van der Waals surface area contributed by atoms with Crippen LogP contribution in [0.4, 0.5) is 4.39 Å². The van der Waals surface area contributed by atoms with Crippen LogP contribution in [0.2, 0.25) is 0 Å². The molecule has 104 valence electrons. The highest BCUT2D eigenvalue weighted by molar-refractivity contribution is 6.08. The van der Waals surface area contributed by atoms with Crippen molar-refractivity contribution in [3.8, 4) is 0 Å². The van der Waals surface area contributed by atoms with Crippen LogP contribution in [-0.4, -0.2) is 28.2 Å². The van der Waals surface area contributed by atoms with E-state index in [2.05, 4.69) is 6.58 Å². The average molecular weight is 275 g/mol. The minimum atomic E-state index is -0.710. The molecule has 0 bridgehead atoms. The highest BCUT2D eigenvalue weighted by Crippen LogP contribution is 2.37. The Balaban J connectivity index is 2.54. The van der Waals surface area contributed by atoms with Gasteiger partial charge in [0.1, 0.15) is 5.82 Å². The first-order valence-electron chi connectivity index (χ1n) is 6.08. The molecule has 1 N–H and O–H groups in total. The quantitative estimate of drug-likeness (QED) is 0.858. The maximum Gasteiger partial charge on any atom is 0.290 e. The van der Waals surface area contributed by atoms with Crippen molar-refractivity contribution in [2.45, 2.75) is 13.0 Å². The van der Waals surface area contributed by atoms with Crippen LogP contribution in [0.25, 0.3) is 0 Å². The summed E-state index contributed by atoms with van der Waals surface area (Å²) in [6.07, 6.45) is 1.50. The third-order valence-electron chi connectivity index (χ3n) is 3.19. The Kier molecular flexibility index (Phi) is 3.70. The van der Waals surface area contributed by atoms with Crippen LogP contribution in [0.5, 0.6) is 0 Å². The maximum absolute atomic E-state index is 13.0. The Labute approximate surface area is 115 Å². The SMILES string of the molecule is C=CCN1C(=O)C(O)=C(C(C)=O)C1c1ccc(F)cc1. The van der Waals surface area contributed by atoms with Crippen molar-refractivity contribution in [1.29, 1.82) is 0 Å². The van der Waals surface area contributed by atoms with Crippen molar-refractivity contribution < 1.29 is 19.1 Å². The zero-order valence-corrected chi connectivity index (χ0v) is 11.0. The first-order valence-corrected chi connectivity index (χ1v) is 6.08. The van der Waals surface area contributed by atoms with Crippen molar-refractivity contribution in [1.82, 2.24) is 4.90 Å². The summed E-state index contributed by atoms with van der Waals surface area (Å²) in [4.78, 5) is 25.0.